The van der Waals surface area contributed by atoms with E-state index in [1.165, 1.54) is 0 Å². The molecule has 2 aromatic carbocycles. The van der Waals surface area contributed by atoms with Crippen molar-refractivity contribution in [1.29, 1.82) is 0 Å². The third-order valence-corrected chi connectivity index (χ3v) is 4.43. The summed E-state index contributed by atoms with van der Waals surface area (Å²) in [7, 11) is 0. The molecule has 0 aliphatic carbocycles. The standard InChI is InChI=1S/C17H20IN3O/c1-3-21(4-2)16-10-9-12(19)11-15(16)20-17(22)13-7-5-6-8-14(13)18/h5-11H,3-4,19H2,1-2H3,(H,20,22). The van der Waals surface area contributed by atoms with Crippen LogP contribution in [0, 0.1) is 3.57 Å². The van der Waals surface area contributed by atoms with Crippen molar-refractivity contribution in [2.45, 2.75) is 13.8 Å². The first-order valence-electron chi connectivity index (χ1n) is 7.27. The lowest BCUT2D eigenvalue weighted by atomic mass is 10.1. The number of hydrogen-bond donors (Lipinski definition) is 2. The highest BCUT2D eigenvalue weighted by molar-refractivity contribution is 14.1. The number of halogens is 1. The number of carbonyl (C=O) groups excluding carboxylic acids is 1. The zero-order chi connectivity index (χ0) is 16.1. The molecule has 0 bridgehead atoms. The van der Waals surface area contributed by atoms with Gasteiger partial charge in [0.1, 0.15) is 0 Å². The van der Waals surface area contributed by atoms with Gasteiger partial charge in [0.15, 0.2) is 0 Å². The number of anilines is 3. The Labute approximate surface area is 144 Å². The Morgan fingerprint density at radius 2 is 1.86 bits per heavy atom. The van der Waals surface area contributed by atoms with Gasteiger partial charge in [0.2, 0.25) is 0 Å². The third-order valence-electron chi connectivity index (χ3n) is 3.49. The lowest BCUT2D eigenvalue weighted by molar-refractivity contribution is 0.102. The topological polar surface area (TPSA) is 58.4 Å². The van der Waals surface area contributed by atoms with Crippen molar-refractivity contribution in [3.8, 4) is 0 Å². The van der Waals surface area contributed by atoms with E-state index in [0.717, 1.165) is 28.0 Å². The molecule has 0 atom stereocenters. The number of rotatable bonds is 5. The molecule has 2 aromatic rings. The average Bonchev–Trinajstić information content (AvgIpc) is 2.50. The molecule has 4 nitrogen and oxygen atoms in total. The monoisotopic (exact) mass is 409 g/mol. The lowest BCUT2D eigenvalue weighted by Crippen LogP contribution is -2.24. The van der Waals surface area contributed by atoms with Gasteiger partial charge in [0.05, 0.1) is 16.9 Å². The van der Waals surface area contributed by atoms with Crippen molar-refractivity contribution < 1.29 is 4.79 Å². The van der Waals surface area contributed by atoms with Crippen LogP contribution in [-0.4, -0.2) is 19.0 Å². The molecule has 0 saturated carbocycles. The van der Waals surface area contributed by atoms with Crippen LogP contribution in [0.5, 0.6) is 0 Å². The fourth-order valence-electron chi connectivity index (χ4n) is 2.33. The fraction of sp³-hybridized carbons (Fsp3) is 0.235. The van der Waals surface area contributed by atoms with E-state index in [1.54, 1.807) is 6.07 Å². The van der Waals surface area contributed by atoms with E-state index < -0.39 is 0 Å². The second-order valence-corrected chi connectivity index (χ2v) is 6.05. The van der Waals surface area contributed by atoms with Crippen LogP contribution >= 0.6 is 22.6 Å². The van der Waals surface area contributed by atoms with Crippen LogP contribution < -0.4 is 16.0 Å². The molecule has 0 aliphatic rings. The predicted molar refractivity (Wildman–Crippen MR) is 102 cm³/mol. The first-order valence-corrected chi connectivity index (χ1v) is 8.35. The van der Waals surface area contributed by atoms with E-state index in [0.29, 0.717) is 11.3 Å². The quantitative estimate of drug-likeness (QED) is 0.581. The molecule has 3 N–H and O–H groups in total. The van der Waals surface area contributed by atoms with E-state index in [4.69, 9.17) is 5.73 Å². The minimum absolute atomic E-state index is 0.121. The maximum atomic E-state index is 12.5. The van der Waals surface area contributed by atoms with Crippen LogP contribution in [0.1, 0.15) is 24.2 Å². The molecular weight excluding hydrogens is 389 g/mol. The molecular formula is C17H20IN3O. The van der Waals surface area contributed by atoms with Crippen molar-refractivity contribution in [2.75, 3.05) is 29.0 Å². The largest absolute Gasteiger partial charge is 0.399 e. The molecule has 0 aromatic heterocycles. The Hall–Kier alpha value is -1.76. The fourth-order valence-corrected chi connectivity index (χ4v) is 2.96. The van der Waals surface area contributed by atoms with Crippen molar-refractivity contribution in [3.63, 3.8) is 0 Å². The van der Waals surface area contributed by atoms with Crippen LogP contribution in [-0.2, 0) is 0 Å². The third kappa shape index (κ3) is 3.71. The van der Waals surface area contributed by atoms with Gasteiger partial charge in [-0.25, -0.2) is 0 Å². The molecule has 0 fully saturated rings. The number of amides is 1. The Morgan fingerprint density at radius 3 is 2.50 bits per heavy atom. The van der Waals surface area contributed by atoms with Crippen LogP contribution in [0.15, 0.2) is 42.5 Å². The van der Waals surface area contributed by atoms with Gasteiger partial charge in [-0.2, -0.15) is 0 Å². The molecule has 0 spiro atoms. The summed E-state index contributed by atoms with van der Waals surface area (Å²) in [6.45, 7) is 5.91. The van der Waals surface area contributed by atoms with Gasteiger partial charge in [0, 0.05) is 22.3 Å². The second-order valence-electron chi connectivity index (χ2n) is 4.88. The van der Waals surface area contributed by atoms with E-state index in [2.05, 4.69) is 46.7 Å². The average molecular weight is 409 g/mol. The summed E-state index contributed by atoms with van der Waals surface area (Å²) in [5.74, 6) is -0.121. The van der Waals surface area contributed by atoms with Gasteiger partial charge in [-0.1, -0.05) is 12.1 Å². The Morgan fingerprint density at radius 1 is 1.18 bits per heavy atom. The first-order chi connectivity index (χ1) is 10.6. The first kappa shape index (κ1) is 16.6. The summed E-state index contributed by atoms with van der Waals surface area (Å²) >= 11 is 2.17. The molecule has 0 saturated heterocycles. The SMILES string of the molecule is CCN(CC)c1ccc(N)cc1NC(=O)c1ccccc1I. The molecule has 0 aliphatic heterocycles. The number of hydrogen-bond acceptors (Lipinski definition) is 3. The smallest absolute Gasteiger partial charge is 0.256 e. The minimum atomic E-state index is -0.121. The molecule has 0 radical (unpaired) electrons. The maximum absolute atomic E-state index is 12.5. The maximum Gasteiger partial charge on any atom is 0.256 e. The predicted octanol–water partition coefficient (Wildman–Crippen LogP) is 3.97. The van der Waals surface area contributed by atoms with Crippen molar-refractivity contribution in [2.24, 2.45) is 0 Å². The Kier molecular flexibility index (Phi) is 5.65. The van der Waals surface area contributed by atoms with Gasteiger partial charge in [0.25, 0.3) is 5.91 Å². The number of nitrogens with two attached hydrogens (primary N) is 1. The van der Waals surface area contributed by atoms with Crippen molar-refractivity contribution in [1.82, 2.24) is 0 Å². The lowest BCUT2D eigenvalue weighted by Gasteiger charge is -2.24. The van der Waals surface area contributed by atoms with Gasteiger partial charge in [-0.15, -0.1) is 0 Å². The molecule has 0 heterocycles. The van der Waals surface area contributed by atoms with E-state index in [1.807, 2.05) is 36.4 Å². The second kappa shape index (κ2) is 7.49. The number of carbonyl (C=O) groups is 1. The van der Waals surface area contributed by atoms with Gasteiger partial charge < -0.3 is 16.0 Å². The number of nitrogens with one attached hydrogen (secondary N) is 1. The van der Waals surface area contributed by atoms with Crippen molar-refractivity contribution >= 4 is 45.6 Å². The highest BCUT2D eigenvalue weighted by Crippen LogP contribution is 2.29. The van der Waals surface area contributed by atoms with Crippen LogP contribution in [0.3, 0.4) is 0 Å². The highest BCUT2D eigenvalue weighted by atomic mass is 127. The van der Waals surface area contributed by atoms with Crippen LogP contribution in [0.4, 0.5) is 17.1 Å². The van der Waals surface area contributed by atoms with E-state index in [-0.39, 0.29) is 5.91 Å². The molecule has 0 unspecified atom stereocenters. The molecule has 1 amide bonds. The zero-order valence-electron chi connectivity index (χ0n) is 12.8. The number of nitrogens with zero attached hydrogens (tertiary/aromatic N) is 1. The Balaban J connectivity index is 2.34. The summed E-state index contributed by atoms with van der Waals surface area (Å²) in [5, 5.41) is 2.99. The van der Waals surface area contributed by atoms with Gasteiger partial charge in [-0.3, -0.25) is 4.79 Å². The van der Waals surface area contributed by atoms with Crippen molar-refractivity contribution in [3.05, 3.63) is 51.6 Å². The van der Waals surface area contributed by atoms with Gasteiger partial charge >= 0.3 is 0 Å². The zero-order valence-corrected chi connectivity index (χ0v) is 14.9. The summed E-state index contributed by atoms with van der Waals surface area (Å²) in [4.78, 5) is 14.7. The Bertz CT molecular complexity index is 669. The summed E-state index contributed by atoms with van der Waals surface area (Å²) in [6, 6.07) is 13.1. The highest BCUT2D eigenvalue weighted by Gasteiger charge is 2.14. The number of benzene rings is 2. The van der Waals surface area contributed by atoms with E-state index >= 15 is 0 Å². The summed E-state index contributed by atoms with van der Waals surface area (Å²) in [6.07, 6.45) is 0. The van der Waals surface area contributed by atoms with Crippen LogP contribution in [0.2, 0.25) is 0 Å². The molecule has 5 heteroatoms. The summed E-state index contributed by atoms with van der Waals surface area (Å²) in [5.41, 5.74) is 8.91. The molecule has 116 valence electrons. The molecule has 22 heavy (non-hydrogen) atoms. The molecule has 2 rings (SSSR count). The van der Waals surface area contributed by atoms with E-state index in [9.17, 15) is 4.79 Å². The van der Waals surface area contributed by atoms with Crippen LogP contribution in [0.25, 0.3) is 0 Å². The number of nitrogen functional groups attached to an aromatic ring is 1. The summed E-state index contributed by atoms with van der Waals surface area (Å²) < 4.78 is 0.922. The minimum Gasteiger partial charge on any atom is -0.399 e. The normalized spacial score (nSPS) is 10.3. The van der Waals surface area contributed by atoms with Gasteiger partial charge in [-0.05, 0) is 66.8 Å².